The number of carbonyl (C=O) groups excluding carboxylic acids is 1. The zero-order chi connectivity index (χ0) is 14.5. The Kier molecular flexibility index (Phi) is 5.03. The number of hydrogen-bond acceptors (Lipinski definition) is 3. The van der Waals surface area contributed by atoms with Gasteiger partial charge in [0.15, 0.2) is 0 Å². The molecule has 0 saturated carbocycles. The van der Waals surface area contributed by atoms with Gasteiger partial charge >= 0.3 is 0 Å². The zero-order valence-corrected chi connectivity index (χ0v) is 13.2. The molecule has 2 N–H and O–H groups in total. The number of benzene rings is 1. The molecule has 1 aromatic carbocycles. The number of aromatic nitrogens is 2. The Morgan fingerprint density at radius 3 is 3.00 bits per heavy atom. The molecule has 0 aliphatic rings. The fourth-order valence-electron chi connectivity index (χ4n) is 1.63. The number of anilines is 1. The van der Waals surface area contributed by atoms with E-state index in [4.69, 9.17) is 11.6 Å². The summed E-state index contributed by atoms with van der Waals surface area (Å²) in [5.74, 6) is -0.0874. The van der Waals surface area contributed by atoms with Crippen molar-refractivity contribution in [1.82, 2.24) is 15.1 Å². The van der Waals surface area contributed by atoms with Crippen LogP contribution in [0.3, 0.4) is 0 Å². The highest BCUT2D eigenvalue weighted by Gasteiger charge is 2.04. The second kappa shape index (κ2) is 6.76. The van der Waals surface area contributed by atoms with E-state index in [9.17, 15) is 4.79 Å². The van der Waals surface area contributed by atoms with Crippen LogP contribution in [0.15, 0.2) is 35.1 Å². The van der Waals surface area contributed by atoms with Gasteiger partial charge < -0.3 is 10.6 Å². The molecule has 5 nitrogen and oxygen atoms in total. The average molecular weight is 358 g/mol. The number of rotatable bonds is 5. The summed E-state index contributed by atoms with van der Waals surface area (Å²) in [7, 11) is 1.60. The summed E-state index contributed by atoms with van der Waals surface area (Å²) in [6, 6.07) is 5.75. The Balaban J connectivity index is 1.95. The third-order valence-electron chi connectivity index (χ3n) is 2.72. The van der Waals surface area contributed by atoms with Crippen molar-refractivity contribution in [2.24, 2.45) is 0 Å². The fraction of sp³-hybridized carbons (Fsp3) is 0.231. The monoisotopic (exact) mass is 356 g/mol. The number of halogens is 2. The van der Waals surface area contributed by atoms with Gasteiger partial charge in [-0.05, 0) is 17.7 Å². The molecule has 0 radical (unpaired) electrons. The van der Waals surface area contributed by atoms with E-state index in [1.54, 1.807) is 24.1 Å². The first-order valence-corrected chi connectivity index (χ1v) is 7.16. The van der Waals surface area contributed by atoms with Gasteiger partial charge in [0.25, 0.3) is 0 Å². The maximum absolute atomic E-state index is 11.2. The predicted octanol–water partition coefficient (Wildman–Crippen LogP) is 2.66. The van der Waals surface area contributed by atoms with Crippen molar-refractivity contribution in [2.75, 3.05) is 12.4 Å². The minimum absolute atomic E-state index is 0.0874. The number of nitrogens with one attached hydrogen (secondary N) is 2. The molecule has 20 heavy (non-hydrogen) atoms. The van der Waals surface area contributed by atoms with Crippen LogP contribution in [0, 0.1) is 0 Å². The molecule has 7 heteroatoms. The van der Waals surface area contributed by atoms with Crippen LogP contribution in [0.25, 0.3) is 0 Å². The second-order valence-electron chi connectivity index (χ2n) is 4.19. The van der Waals surface area contributed by atoms with E-state index in [2.05, 4.69) is 31.7 Å². The molecule has 0 bridgehead atoms. The number of amides is 1. The molecule has 0 spiro atoms. The molecule has 0 saturated heterocycles. The highest BCUT2D eigenvalue weighted by Crippen LogP contribution is 2.22. The van der Waals surface area contributed by atoms with Gasteiger partial charge in [-0.2, -0.15) is 5.10 Å². The summed E-state index contributed by atoms with van der Waals surface area (Å²) in [5, 5.41) is 10.6. The molecule has 1 aromatic heterocycles. The maximum Gasteiger partial charge on any atom is 0.241 e. The predicted molar refractivity (Wildman–Crippen MR) is 82.8 cm³/mol. The topological polar surface area (TPSA) is 59.0 Å². The van der Waals surface area contributed by atoms with Crippen LogP contribution >= 0.6 is 27.5 Å². The number of likely N-dealkylation sites (N-methyl/N-ethyl adjacent to an activating group) is 1. The first-order valence-electron chi connectivity index (χ1n) is 5.99. The Morgan fingerprint density at radius 1 is 1.50 bits per heavy atom. The quantitative estimate of drug-likeness (QED) is 0.865. The molecule has 1 heterocycles. The highest BCUT2D eigenvalue weighted by molar-refractivity contribution is 9.10. The molecule has 2 rings (SSSR count). The van der Waals surface area contributed by atoms with E-state index in [-0.39, 0.29) is 12.5 Å². The lowest BCUT2D eigenvalue weighted by Crippen LogP contribution is -2.23. The van der Waals surface area contributed by atoms with Gasteiger partial charge in [-0.15, -0.1) is 0 Å². The lowest BCUT2D eigenvalue weighted by Gasteiger charge is -2.06. The number of hydrogen-bond donors (Lipinski definition) is 2. The molecule has 0 aliphatic heterocycles. The van der Waals surface area contributed by atoms with Crippen LogP contribution in [-0.2, 0) is 17.9 Å². The molecule has 2 aromatic rings. The molecule has 1 amide bonds. The van der Waals surface area contributed by atoms with E-state index in [1.165, 1.54) is 0 Å². The van der Waals surface area contributed by atoms with Crippen LogP contribution in [0.4, 0.5) is 5.69 Å². The van der Waals surface area contributed by atoms with E-state index in [0.717, 1.165) is 15.7 Å². The minimum Gasteiger partial charge on any atom is -0.378 e. The van der Waals surface area contributed by atoms with Crippen LogP contribution in [0.2, 0.25) is 5.02 Å². The average Bonchev–Trinajstić information content (AvgIpc) is 2.85. The summed E-state index contributed by atoms with van der Waals surface area (Å²) >= 11 is 9.51. The van der Waals surface area contributed by atoms with Crippen LogP contribution < -0.4 is 10.6 Å². The van der Waals surface area contributed by atoms with E-state index < -0.39 is 0 Å². The van der Waals surface area contributed by atoms with Crippen molar-refractivity contribution >= 4 is 39.1 Å². The lowest BCUT2D eigenvalue weighted by atomic mass is 10.2. The molecule has 0 aliphatic carbocycles. The van der Waals surface area contributed by atoms with Gasteiger partial charge in [-0.25, -0.2) is 0 Å². The largest absolute Gasteiger partial charge is 0.378 e. The van der Waals surface area contributed by atoms with Crippen molar-refractivity contribution in [2.45, 2.75) is 13.1 Å². The summed E-state index contributed by atoms with van der Waals surface area (Å²) in [6.07, 6.45) is 3.46. The normalized spacial score (nSPS) is 10.3. The van der Waals surface area contributed by atoms with Gasteiger partial charge in [0.05, 0.1) is 11.9 Å². The number of nitrogens with zero attached hydrogens (tertiary/aromatic N) is 2. The zero-order valence-electron chi connectivity index (χ0n) is 10.9. The van der Waals surface area contributed by atoms with Crippen molar-refractivity contribution in [3.63, 3.8) is 0 Å². The fourth-order valence-corrected chi connectivity index (χ4v) is 2.37. The maximum atomic E-state index is 11.2. The Labute approximate surface area is 130 Å². The Bertz CT molecular complexity index is 614. The van der Waals surface area contributed by atoms with Gasteiger partial charge in [-0.3, -0.25) is 9.48 Å². The van der Waals surface area contributed by atoms with Crippen molar-refractivity contribution in [3.8, 4) is 0 Å². The highest BCUT2D eigenvalue weighted by atomic mass is 79.9. The van der Waals surface area contributed by atoms with Crippen molar-refractivity contribution < 1.29 is 4.79 Å². The standard InChI is InChI=1S/C13H14BrClN4O/c1-16-13(20)8-19-7-11(6-18-19)17-5-9-2-3-10(14)4-12(9)15/h2-4,6-7,17H,5,8H2,1H3,(H,16,20). The van der Waals surface area contributed by atoms with Crippen molar-refractivity contribution in [1.29, 1.82) is 0 Å². The number of carbonyl (C=O) groups is 1. The van der Waals surface area contributed by atoms with Gasteiger partial charge in [0.1, 0.15) is 6.54 Å². The third-order valence-corrected chi connectivity index (χ3v) is 3.56. The minimum atomic E-state index is -0.0874. The summed E-state index contributed by atoms with van der Waals surface area (Å²) in [5.41, 5.74) is 1.84. The first kappa shape index (κ1) is 14.9. The van der Waals surface area contributed by atoms with E-state index in [0.29, 0.717) is 11.6 Å². The molecule has 106 valence electrons. The van der Waals surface area contributed by atoms with Gasteiger partial charge in [0, 0.05) is 29.3 Å². The van der Waals surface area contributed by atoms with Crippen LogP contribution in [0.1, 0.15) is 5.56 Å². The third kappa shape index (κ3) is 3.98. The smallest absolute Gasteiger partial charge is 0.241 e. The first-order chi connectivity index (χ1) is 9.58. The Morgan fingerprint density at radius 2 is 2.30 bits per heavy atom. The molecular weight excluding hydrogens is 344 g/mol. The molecule has 0 unspecified atom stereocenters. The summed E-state index contributed by atoms with van der Waals surface area (Å²) in [6.45, 7) is 0.801. The van der Waals surface area contributed by atoms with Gasteiger partial charge in [-0.1, -0.05) is 33.6 Å². The molecule has 0 atom stereocenters. The van der Waals surface area contributed by atoms with E-state index >= 15 is 0 Å². The summed E-state index contributed by atoms with van der Waals surface area (Å²) in [4.78, 5) is 11.2. The second-order valence-corrected chi connectivity index (χ2v) is 5.51. The van der Waals surface area contributed by atoms with Crippen molar-refractivity contribution in [3.05, 3.63) is 45.7 Å². The summed E-state index contributed by atoms with van der Waals surface area (Å²) < 4.78 is 2.52. The van der Waals surface area contributed by atoms with E-state index in [1.807, 2.05) is 18.2 Å². The lowest BCUT2D eigenvalue weighted by molar-refractivity contribution is -0.121. The molecular formula is C13H14BrClN4O. The Hall–Kier alpha value is -1.53. The molecule has 0 fully saturated rings. The van der Waals surface area contributed by atoms with Gasteiger partial charge in [0.2, 0.25) is 5.91 Å². The van der Waals surface area contributed by atoms with Crippen LogP contribution in [-0.4, -0.2) is 22.7 Å². The van der Waals surface area contributed by atoms with Crippen LogP contribution in [0.5, 0.6) is 0 Å². The SMILES string of the molecule is CNC(=O)Cn1cc(NCc2ccc(Br)cc2Cl)cn1.